The Kier molecular flexibility index (Phi) is 6.25. The third kappa shape index (κ3) is 5.24. The van der Waals surface area contributed by atoms with Crippen LogP contribution in [0, 0.1) is 0 Å². The number of hydrogen-bond acceptors (Lipinski definition) is 2. The summed E-state index contributed by atoms with van der Waals surface area (Å²) >= 11 is 0. The van der Waals surface area contributed by atoms with Crippen LogP contribution in [0.1, 0.15) is 12.5 Å². The fourth-order valence-corrected chi connectivity index (χ4v) is 2.35. The summed E-state index contributed by atoms with van der Waals surface area (Å²) in [5, 5.41) is 0.986. The van der Waals surface area contributed by atoms with Gasteiger partial charge in [0.25, 0.3) is 0 Å². The molecular formula is C15H19NO2S. The largest absolute Gasteiger partial charge is 0.236 e. The third-order valence-electron chi connectivity index (χ3n) is 2.52. The lowest BCUT2D eigenvalue weighted by Crippen LogP contribution is -2.28. The van der Waals surface area contributed by atoms with Gasteiger partial charge in [0.15, 0.2) is 0 Å². The molecule has 0 aliphatic heterocycles. The lowest BCUT2D eigenvalue weighted by molar-refractivity contribution is 0.446. The Bertz CT molecular complexity index is 545. The van der Waals surface area contributed by atoms with Gasteiger partial charge < -0.3 is 0 Å². The molecule has 0 saturated heterocycles. The number of hydrogen-bond donors (Lipinski definition) is 0. The normalized spacial score (nSPS) is 12.5. The van der Waals surface area contributed by atoms with Gasteiger partial charge in [-0.05, 0) is 12.5 Å². The first-order chi connectivity index (χ1) is 9.10. The van der Waals surface area contributed by atoms with Crippen molar-refractivity contribution < 1.29 is 8.42 Å². The smallest absolute Gasteiger partial charge is 0.208 e. The molecule has 1 aromatic carbocycles. The Morgan fingerprint density at radius 2 is 1.89 bits per heavy atom. The number of allylic oxidation sites excluding steroid dienone is 3. The van der Waals surface area contributed by atoms with Crippen molar-refractivity contribution in [2.45, 2.75) is 13.5 Å². The van der Waals surface area contributed by atoms with E-state index in [1.807, 2.05) is 61.6 Å². The summed E-state index contributed by atoms with van der Waals surface area (Å²) in [6.45, 7) is 5.95. The van der Waals surface area contributed by atoms with E-state index in [4.69, 9.17) is 0 Å². The minimum absolute atomic E-state index is 0.327. The van der Waals surface area contributed by atoms with Crippen LogP contribution in [0.25, 0.3) is 0 Å². The van der Waals surface area contributed by atoms with Gasteiger partial charge in [0.1, 0.15) is 0 Å². The van der Waals surface area contributed by atoms with Crippen LogP contribution in [0.3, 0.4) is 0 Å². The average molecular weight is 277 g/mol. The molecule has 0 radical (unpaired) electrons. The highest BCUT2D eigenvalue weighted by molar-refractivity contribution is 7.92. The Balaban J connectivity index is 2.84. The average Bonchev–Trinajstić information content (AvgIpc) is 2.43. The molecule has 0 atom stereocenters. The van der Waals surface area contributed by atoms with Gasteiger partial charge >= 0.3 is 0 Å². The van der Waals surface area contributed by atoms with Gasteiger partial charge in [-0.25, -0.2) is 8.42 Å². The second-order valence-corrected chi connectivity index (χ2v) is 5.82. The summed E-state index contributed by atoms with van der Waals surface area (Å²) < 4.78 is 25.2. The van der Waals surface area contributed by atoms with Crippen molar-refractivity contribution in [1.29, 1.82) is 0 Å². The monoisotopic (exact) mass is 277 g/mol. The summed E-state index contributed by atoms with van der Waals surface area (Å²) in [6.07, 6.45) is 7.39. The Morgan fingerprint density at radius 3 is 2.47 bits per heavy atom. The Hall–Kier alpha value is -1.65. The Morgan fingerprint density at radius 1 is 1.21 bits per heavy atom. The SMILES string of the molecule is C=CS(=O)(=O)N(C/C=C/C=C/C)Cc1ccccc1. The topological polar surface area (TPSA) is 37.4 Å². The van der Waals surface area contributed by atoms with Crippen molar-refractivity contribution >= 4 is 10.0 Å². The van der Waals surface area contributed by atoms with E-state index < -0.39 is 10.0 Å². The van der Waals surface area contributed by atoms with Crippen molar-refractivity contribution in [3.05, 3.63) is 72.2 Å². The molecule has 0 aliphatic carbocycles. The van der Waals surface area contributed by atoms with E-state index in [9.17, 15) is 8.42 Å². The summed E-state index contributed by atoms with van der Waals surface area (Å²) in [5.74, 6) is 0. The molecule has 1 rings (SSSR count). The first-order valence-corrected chi connectivity index (χ1v) is 7.55. The first-order valence-electron chi connectivity index (χ1n) is 6.04. The molecule has 0 aliphatic rings. The van der Waals surface area contributed by atoms with Crippen molar-refractivity contribution in [3.63, 3.8) is 0 Å². The van der Waals surface area contributed by atoms with Crippen molar-refractivity contribution in [1.82, 2.24) is 4.31 Å². The molecule has 0 amide bonds. The minimum Gasteiger partial charge on any atom is -0.208 e. The zero-order chi connectivity index (χ0) is 14.1. The molecule has 0 bridgehead atoms. The van der Waals surface area contributed by atoms with E-state index in [0.717, 1.165) is 11.0 Å². The third-order valence-corrected chi connectivity index (χ3v) is 3.94. The molecular weight excluding hydrogens is 258 g/mol. The summed E-state index contributed by atoms with van der Waals surface area (Å²) in [6, 6.07) is 9.50. The lowest BCUT2D eigenvalue weighted by Gasteiger charge is -2.18. The zero-order valence-corrected chi connectivity index (χ0v) is 11.9. The Labute approximate surface area is 115 Å². The molecule has 0 heterocycles. The molecule has 102 valence electrons. The van der Waals surface area contributed by atoms with Crippen molar-refractivity contribution in [3.8, 4) is 0 Å². The fraction of sp³-hybridized carbons (Fsp3) is 0.200. The first kappa shape index (κ1) is 15.4. The molecule has 0 spiro atoms. The van der Waals surface area contributed by atoms with Gasteiger partial charge in [0, 0.05) is 18.5 Å². The maximum atomic E-state index is 11.9. The summed E-state index contributed by atoms with van der Waals surface area (Å²) in [5.41, 5.74) is 0.951. The van der Waals surface area contributed by atoms with Gasteiger partial charge in [-0.15, -0.1) is 0 Å². The summed E-state index contributed by atoms with van der Waals surface area (Å²) in [4.78, 5) is 0. The summed E-state index contributed by atoms with van der Waals surface area (Å²) in [7, 11) is -3.42. The maximum absolute atomic E-state index is 11.9. The predicted octanol–water partition coefficient (Wildman–Crippen LogP) is 3.09. The van der Waals surface area contributed by atoms with Gasteiger partial charge in [-0.1, -0.05) is 61.2 Å². The lowest BCUT2D eigenvalue weighted by atomic mass is 10.2. The van der Waals surface area contributed by atoms with Crippen LogP contribution in [-0.4, -0.2) is 19.3 Å². The second-order valence-electron chi connectivity index (χ2n) is 3.94. The number of nitrogens with zero attached hydrogens (tertiary/aromatic N) is 1. The van der Waals surface area contributed by atoms with E-state index in [2.05, 4.69) is 6.58 Å². The molecule has 4 heteroatoms. The van der Waals surface area contributed by atoms with Crippen LogP contribution in [0.5, 0.6) is 0 Å². The van der Waals surface area contributed by atoms with E-state index in [1.54, 1.807) is 0 Å². The van der Waals surface area contributed by atoms with E-state index in [0.29, 0.717) is 13.1 Å². The number of benzene rings is 1. The van der Waals surface area contributed by atoms with Gasteiger partial charge in [-0.3, -0.25) is 0 Å². The van der Waals surface area contributed by atoms with Crippen LogP contribution in [-0.2, 0) is 16.6 Å². The highest BCUT2D eigenvalue weighted by Gasteiger charge is 2.17. The zero-order valence-electron chi connectivity index (χ0n) is 11.1. The quantitative estimate of drug-likeness (QED) is 0.718. The molecule has 19 heavy (non-hydrogen) atoms. The van der Waals surface area contributed by atoms with Gasteiger partial charge in [0.05, 0.1) is 0 Å². The standard InChI is InChI=1S/C15H19NO2S/c1-3-5-6-10-13-16(19(17,18)4-2)14-15-11-8-7-9-12-15/h3-12H,2,13-14H2,1H3/b5-3+,10-6+. The second kappa shape index (κ2) is 7.71. The van der Waals surface area contributed by atoms with Crippen LogP contribution in [0.15, 0.2) is 66.6 Å². The molecule has 3 nitrogen and oxygen atoms in total. The number of sulfonamides is 1. The van der Waals surface area contributed by atoms with E-state index >= 15 is 0 Å². The van der Waals surface area contributed by atoms with Crippen molar-refractivity contribution in [2.24, 2.45) is 0 Å². The van der Waals surface area contributed by atoms with Crippen LogP contribution < -0.4 is 0 Å². The van der Waals surface area contributed by atoms with E-state index in [-0.39, 0.29) is 0 Å². The predicted molar refractivity (Wildman–Crippen MR) is 79.9 cm³/mol. The molecule has 0 unspecified atom stereocenters. The highest BCUT2D eigenvalue weighted by atomic mass is 32.2. The van der Waals surface area contributed by atoms with Crippen LogP contribution >= 0.6 is 0 Å². The molecule has 0 saturated carbocycles. The molecule has 0 aromatic heterocycles. The van der Waals surface area contributed by atoms with E-state index in [1.165, 1.54) is 4.31 Å². The minimum atomic E-state index is -3.42. The molecule has 0 fully saturated rings. The highest BCUT2D eigenvalue weighted by Crippen LogP contribution is 2.10. The molecule has 0 N–H and O–H groups in total. The molecule has 1 aromatic rings. The number of rotatable bonds is 7. The van der Waals surface area contributed by atoms with Gasteiger partial charge in [0.2, 0.25) is 10.0 Å². The fourth-order valence-electron chi connectivity index (χ4n) is 1.52. The van der Waals surface area contributed by atoms with Crippen molar-refractivity contribution in [2.75, 3.05) is 6.54 Å². The maximum Gasteiger partial charge on any atom is 0.236 e. The van der Waals surface area contributed by atoms with Crippen LogP contribution in [0.2, 0.25) is 0 Å². The van der Waals surface area contributed by atoms with Gasteiger partial charge in [-0.2, -0.15) is 4.31 Å². The van der Waals surface area contributed by atoms with Crippen LogP contribution in [0.4, 0.5) is 0 Å².